The van der Waals surface area contributed by atoms with Crippen molar-refractivity contribution in [2.75, 3.05) is 18.5 Å². The van der Waals surface area contributed by atoms with Gasteiger partial charge in [0.1, 0.15) is 30.5 Å². The summed E-state index contributed by atoms with van der Waals surface area (Å²) in [6.45, 7) is 0.940. The van der Waals surface area contributed by atoms with Crippen molar-refractivity contribution in [3.63, 3.8) is 0 Å². The summed E-state index contributed by atoms with van der Waals surface area (Å²) in [7, 11) is 0. The lowest BCUT2D eigenvalue weighted by Crippen LogP contribution is -2.15. The van der Waals surface area contributed by atoms with Crippen LogP contribution in [-0.4, -0.2) is 32.7 Å². The second-order valence-corrected chi connectivity index (χ2v) is 6.73. The molecule has 0 aliphatic carbocycles. The zero-order valence-corrected chi connectivity index (χ0v) is 15.7. The van der Waals surface area contributed by atoms with E-state index in [0.29, 0.717) is 36.2 Å². The molecule has 9 heteroatoms. The van der Waals surface area contributed by atoms with Gasteiger partial charge in [-0.15, -0.1) is 0 Å². The zero-order valence-electron chi connectivity index (χ0n) is 14.9. The van der Waals surface area contributed by atoms with Crippen LogP contribution in [0.15, 0.2) is 48.7 Å². The number of hydrogen-bond acceptors (Lipinski definition) is 6. The maximum atomic E-state index is 14.6. The molecule has 0 radical (unpaired) electrons. The quantitative estimate of drug-likeness (QED) is 0.519. The van der Waals surface area contributed by atoms with Crippen LogP contribution in [0.5, 0.6) is 17.4 Å². The lowest BCUT2D eigenvalue weighted by atomic mass is 10.1. The van der Waals surface area contributed by atoms with Crippen LogP contribution in [0.1, 0.15) is 0 Å². The molecule has 0 bridgehead atoms. The highest BCUT2D eigenvalue weighted by molar-refractivity contribution is 6.33. The lowest BCUT2D eigenvalue weighted by Gasteiger charge is -2.19. The molecule has 2 N–H and O–H groups in total. The molecule has 0 fully saturated rings. The number of hydrogen-bond donors (Lipinski definition) is 2. The van der Waals surface area contributed by atoms with Gasteiger partial charge in [0.25, 0.3) is 0 Å². The highest BCUT2D eigenvalue weighted by Crippen LogP contribution is 2.39. The zero-order chi connectivity index (χ0) is 20.0. The smallest absolute Gasteiger partial charge is 0.238 e. The Morgan fingerprint density at radius 3 is 2.76 bits per heavy atom. The first-order chi connectivity index (χ1) is 14.1. The first-order valence-corrected chi connectivity index (χ1v) is 9.17. The van der Waals surface area contributed by atoms with E-state index >= 15 is 0 Å². The SMILES string of the molecule is Oc1ccnc2nc(-c3c(F)cccc3Cl)c(Nc3ccc4c(c3)OCCO4)n12. The Labute approximate surface area is 169 Å². The summed E-state index contributed by atoms with van der Waals surface area (Å²) in [6.07, 6.45) is 1.41. The van der Waals surface area contributed by atoms with E-state index < -0.39 is 5.82 Å². The van der Waals surface area contributed by atoms with E-state index in [2.05, 4.69) is 15.3 Å². The molecular weight excluding hydrogens is 399 g/mol. The number of aromatic nitrogens is 3. The average molecular weight is 413 g/mol. The summed E-state index contributed by atoms with van der Waals surface area (Å²) in [5.74, 6) is 1.09. The number of anilines is 2. The molecule has 2 aromatic carbocycles. The number of ether oxygens (including phenoxy) is 2. The number of imidazole rings is 1. The average Bonchev–Trinajstić information content (AvgIpc) is 3.07. The van der Waals surface area contributed by atoms with Gasteiger partial charge in [-0.1, -0.05) is 17.7 Å². The Morgan fingerprint density at radius 2 is 1.93 bits per heavy atom. The third kappa shape index (κ3) is 2.98. The van der Waals surface area contributed by atoms with Crippen molar-refractivity contribution < 1.29 is 19.0 Å². The highest BCUT2D eigenvalue weighted by atomic mass is 35.5. The Balaban J connectivity index is 1.70. The maximum Gasteiger partial charge on any atom is 0.238 e. The maximum absolute atomic E-state index is 14.6. The van der Waals surface area contributed by atoms with Gasteiger partial charge in [-0.2, -0.15) is 0 Å². The Morgan fingerprint density at radius 1 is 1.10 bits per heavy atom. The topological polar surface area (TPSA) is 80.9 Å². The monoisotopic (exact) mass is 412 g/mol. The fraction of sp³-hybridized carbons (Fsp3) is 0.100. The summed E-state index contributed by atoms with van der Waals surface area (Å²) in [5, 5.41) is 13.8. The molecule has 29 heavy (non-hydrogen) atoms. The molecule has 4 aromatic rings. The van der Waals surface area contributed by atoms with Gasteiger partial charge in [0.05, 0.1) is 10.6 Å². The van der Waals surface area contributed by atoms with Crippen molar-refractivity contribution in [2.24, 2.45) is 0 Å². The van der Waals surface area contributed by atoms with Crippen molar-refractivity contribution in [2.45, 2.75) is 0 Å². The number of halogens is 2. The molecule has 0 saturated carbocycles. The summed E-state index contributed by atoms with van der Waals surface area (Å²) < 4.78 is 27.2. The van der Waals surface area contributed by atoms with E-state index in [4.69, 9.17) is 21.1 Å². The largest absolute Gasteiger partial charge is 0.494 e. The minimum Gasteiger partial charge on any atom is -0.494 e. The van der Waals surface area contributed by atoms with Gasteiger partial charge in [-0.05, 0) is 24.3 Å². The highest BCUT2D eigenvalue weighted by Gasteiger charge is 2.23. The predicted molar refractivity (Wildman–Crippen MR) is 106 cm³/mol. The minimum atomic E-state index is -0.536. The normalized spacial score (nSPS) is 12.9. The molecule has 0 atom stereocenters. The molecule has 1 aliphatic rings. The van der Waals surface area contributed by atoms with Crippen LogP contribution in [0, 0.1) is 5.82 Å². The van der Waals surface area contributed by atoms with Crippen molar-refractivity contribution in [1.82, 2.24) is 14.4 Å². The summed E-state index contributed by atoms with van der Waals surface area (Å²) >= 11 is 6.26. The molecular formula is C20H14ClFN4O3. The van der Waals surface area contributed by atoms with Crippen LogP contribution >= 0.6 is 11.6 Å². The fourth-order valence-electron chi connectivity index (χ4n) is 3.23. The van der Waals surface area contributed by atoms with Crippen LogP contribution in [0.25, 0.3) is 17.0 Å². The number of fused-ring (bicyclic) bond motifs is 2. The van der Waals surface area contributed by atoms with Gasteiger partial charge in [0.15, 0.2) is 11.5 Å². The fourth-order valence-corrected chi connectivity index (χ4v) is 3.48. The van der Waals surface area contributed by atoms with Gasteiger partial charge in [-0.3, -0.25) is 0 Å². The van der Waals surface area contributed by atoms with Crippen molar-refractivity contribution >= 4 is 28.9 Å². The second-order valence-electron chi connectivity index (χ2n) is 6.33. The van der Waals surface area contributed by atoms with Crippen molar-refractivity contribution in [1.29, 1.82) is 0 Å². The van der Waals surface area contributed by atoms with Gasteiger partial charge in [0, 0.05) is 24.0 Å². The number of benzene rings is 2. The van der Waals surface area contributed by atoms with Gasteiger partial charge in [-0.25, -0.2) is 18.8 Å². The van der Waals surface area contributed by atoms with E-state index in [9.17, 15) is 9.50 Å². The Kier molecular flexibility index (Phi) is 4.13. The van der Waals surface area contributed by atoms with E-state index in [1.165, 1.54) is 28.8 Å². The first-order valence-electron chi connectivity index (χ1n) is 8.79. The molecule has 0 saturated heterocycles. The summed E-state index contributed by atoms with van der Waals surface area (Å²) in [5.41, 5.74) is 0.962. The molecule has 3 heterocycles. The minimum absolute atomic E-state index is 0.110. The Bertz CT molecular complexity index is 1220. The van der Waals surface area contributed by atoms with Crippen LogP contribution < -0.4 is 14.8 Å². The summed E-state index contributed by atoms with van der Waals surface area (Å²) in [4.78, 5) is 8.56. The van der Waals surface area contributed by atoms with Crippen molar-refractivity contribution in [3.8, 4) is 28.6 Å². The molecule has 146 valence electrons. The molecule has 0 amide bonds. The van der Waals surface area contributed by atoms with E-state index in [-0.39, 0.29) is 27.9 Å². The number of nitrogens with one attached hydrogen (secondary N) is 1. The van der Waals surface area contributed by atoms with Crippen LogP contribution in [-0.2, 0) is 0 Å². The van der Waals surface area contributed by atoms with Crippen LogP contribution in [0.3, 0.4) is 0 Å². The summed E-state index contributed by atoms with van der Waals surface area (Å²) in [6, 6.07) is 11.1. The molecule has 2 aromatic heterocycles. The van der Waals surface area contributed by atoms with Crippen LogP contribution in [0.4, 0.5) is 15.9 Å². The lowest BCUT2D eigenvalue weighted by molar-refractivity contribution is 0.171. The standard InChI is InChI=1S/C20H14ClFN4O3/c21-12-2-1-3-13(22)17(12)18-19(26-16(27)6-7-23-20(26)25-18)24-11-4-5-14-15(10-11)29-9-8-28-14/h1-7,10,24,27H,8-9H2. The molecule has 7 nitrogen and oxygen atoms in total. The van der Waals surface area contributed by atoms with Crippen molar-refractivity contribution in [3.05, 3.63) is 59.5 Å². The van der Waals surface area contributed by atoms with Gasteiger partial charge < -0.3 is 19.9 Å². The van der Waals surface area contributed by atoms with E-state index in [1.54, 1.807) is 24.3 Å². The third-order valence-electron chi connectivity index (χ3n) is 4.51. The third-order valence-corrected chi connectivity index (χ3v) is 4.82. The molecule has 0 spiro atoms. The number of nitrogens with zero attached hydrogens (tertiary/aromatic N) is 3. The predicted octanol–water partition coefficient (Wildman–Crippen LogP) is 4.41. The van der Waals surface area contributed by atoms with Gasteiger partial charge in [0.2, 0.25) is 11.7 Å². The van der Waals surface area contributed by atoms with E-state index in [0.717, 1.165) is 0 Å². The first kappa shape index (κ1) is 17.6. The number of rotatable bonds is 3. The Hall–Kier alpha value is -3.52. The molecule has 0 unspecified atom stereocenters. The van der Waals surface area contributed by atoms with Gasteiger partial charge >= 0.3 is 0 Å². The second kappa shape index (κ2) is 6.82. The van der Waals surface area contributed by atoms with E-state index in [1.807, 2.05) is 0 Å². The molecule has 5 rings (SSSR count). The molecule has 1 aliphatic heterocycles. The van der Waals surface area contributed by atoms with Crippen LogP contribution in [0.2, 0.25) is 5.02 Å². The number of aromatic hydroxyl groups is 1.